The van der Waals surface area contributed by atoms with Crippen LogP contribution in [0.2, 0.25) is 10.0 Å². The van der Waals surface area contributed by atoms with E-state index in [2.05, 4.69) is 25.2 Å². The van der Waals surface area contributed by atoms with Crippen LogP contribution < -0.4 is 5.32 Å². The van der Waals surface area contributed by atoms with Crippen LogP contribution in [0.5, 0.6) is 0 Å². The summed E-state index contributed by atoms with van der Waals surface area (Å²) in [7, 11) is 0. The zero-order valence-electron chi connectivity index (χ0n) is 11.0. The smallest absolute Gasteiger partial charge is 0.0627 e. The predicted octanol–water partition coefficient (Wildman–Crippen LogP) is 4.73. The third-order valence-corrected chi connectivity index (χ3v) is 4.60. The van der Waals surface area contributed by atoms with Gasteiger partial charge < -0.3 is 5.32 Å². The van der Waals surface area contributed by atoms with Gasteiger partial charge in [-0.1, -0.05) is 49.2 Å². The van der Waals surface area contributed by atoms with Crippen LogP contribution in [0, 0.1) is 11.8 Å². The van der Waals surface area contributed by atoms with Crippen LogP contribution in [0.25, 0.3) is 0 Å². The van der Waals surface area contributed by atoms with Gasteiger partial charge in [-0.05, 0) is 55.3 Å². The van der Waals surface area contributed by atoms with E-state index < -0.39 is 0 Å². The van der Waals surface area contributed by atoms with Gasteiger partial charge in [-0.25, -0.2) is 0 Å². The van der Waals surface area contributed by atoms with Gasteiger partial charge in [0.05, 0.1) is 10.0 Å². The first-order chi connectivity index (χ1) is 8.59. The number of hydrogen-bond donors (Lipinski definition) is 1. The molecule has 1 N–H and O–H groups in total. The summed E-state index contributed by atoms with van der Waals surface area (Å²) in [4.78, 5) is 0. The summed E-state index contributed by atoms with van der Waals surface area (Å²) >= 11 is 12.5. The van der Waals surface area contributed by atoms with Gasteiger partial charge in [-0.2, -0.15) is 0 Å². The van der Waals surface area contributed by atoms with E-state index in [9.17, 15) is 0 Å². The molecule has 1 heterocycles. The number of nitrogens with one attached hydrogen (secondary N) is 1. The molecule has 2 rings (SSSR count). The predicted molar refractivity (Wildman–Crippen MR) is 79.6 cm³/mol. The Morgan fingerprint density at radius 3 is 2.83 bits per heavy atom. The normalized spacial score (nSPS) is 24.5. The minimum absolute atomic E-state index is 0.542. The van der Waals surface area contributed by atoms with Crippen molar-refractivity contribution in [2.45, 2.75) is 32.6 Å². The fourth-order valence-electron chi connectivity index (χ4n) is 2.99. The van der Waals surface area contributed by atoms with Gasteiger partial charge in [0, 0.05) is 0 Å². The average Bonchev–Trinajstić information content (AvgIpc) is 2.33. The van der Waals surface area contributed by atoms with Crippen molar-refractivity contribution in [3.63, 3.8) is 0 Å². The van der Waals surface area contributed by atoms with Crippen molar-refractivity contribution in [3.8, 4) is 0 Å². The molecule has 0 spiro atoms. The van der Waals surface area contributed by atoms with Crippen LogP contribution in [0.1, 0.15) is 38.2 Å². The molecule has 0 amide bonds. The first kappa shape index (κ1) is 14.2. The maximum absolute atomic E-state index is 6.38. The molecule has 1 saturated heterocycles. The standard InChI is InChI=1S/C15H21Cl2N/c1-10(2)8-11-9-18-7-6-12(11)13-4-3-5-14(16)15(13)17/h3-5,10-12,18H,6-9H2,1-2H3. The van der Waals surface area contributed by atoms with Crippen LogP contribution in [0.4, 0.5) is 0 Å². The van der Waals surface area contributed by atoms with E-state index in [0.29, 0.717) is 16.9 Å². The van der Waals surface area contributed by atoms with Crippen molar-refractivity contribution in [1.82, 2.24) is 5.32 Å². The Balaban J connectivity index is 2.25. The van der Waals surface area contributed by atoms with Crippen molar-refractivity contribution < 1.29 is 0 Å². The quantitative estimate of drug-likeness (QED) is 0.846. The van der Waals surface area contributed by atoms with E-state index in [4.69, 9.17) is 23.2 Å². The molecule has 0 bridgehead atoms. The fourth-order valence-corrected chi connectivity index (χ4v) is 3.44. The molecule has 18 heavy (non-hydrogen) atoms. The molecule has 0 radical (unpaired) electrons. The molecular formula is C15H21Cl2N. The highest BCUT2D eigenvalue weighted by molar-refractivity contribution is 6.42. The Kier molecular flexibility index (Phi) is 4.94. The highest BCUT2D eigenvalue weighted by atomic mass is 35.5. The number of piperidine rings is 1. The zero-order chi connectivity index (χ0) is 13.1. The van der Waals surface area contributed by atoms with E-state index in [1.807, 2.05) is 12.1 Å². The lowest BCUT2D eigenvalue weighted by molar-refractivity contribution is 0.280. The van der Waals surface area contributed by atoms with Crippen molar-refractivity contribution in [1.29, 1.82) is 0 Å². The van der Waals surface area contributed by atoms with Gasteiger partial charge in [0.15, 0.2) is 0 Å². The summed E-state index contributed by atoms with van der Waals surface area (Å²) in [5.41, 5.74) is 1.23. The number of hydrogen-bond acceptors (Lipinski definition) is 1. The van der Waals surface area contributed by atoms with Gasteiger partial charge in [0.1, 0.15) is 0 Å². The topological polar surface area (TPSA) is 12.0 Å². The second-order valence-corrected chi connectivity index (χ2v) is 6.42. The summed E-state index contributed by atoms with van der Waals surface area (Å²) in [5.74, 6) is 1.92. The lowest BCUT2D eigenvalue weighted by Gasteiger charge is -2.34. The largest absolute Gasteiger partial charge is 0.316 e. The van der Waals surface area contributed by atoms with E-state index in [-0.39, 0.29) is 0 Å². The summed E-state index contributed by atoms with van der Waals surface area (Å²) in [5, 5.41) is 4.92. The Hall–Kier alpha value is -0.240. The number of halogens is 2. The van der Waals surface area contributed by atoms with Gasteiger partial charge in [-0.3, -0.25) is 0 Å². The van der Waals surface area contributed by atoms with Crippen molar-refractivity contribution in [2.75, 3.05) is 13.1 Å². The average molecular weight is 286 g/mol. The molecule has 2 unspecified atom stereocenters. The minimum Gasteiger partial charge on any atom is -0.316 e. The number of benzene rings is 1. The lowest BCUT2D eigenvalue weighted by Crippen LogP contribution is -2.36. The molecule has 1 aromatic carbocycles. The maximum Gasteiger partial charge on any atom is 0.0627 e. The van der Waals surface area contributed by atoms with Crippen LogP contribution >= 0.6 is 23.2 Å². The van der Waals surface area contributed by atoms with Crippen LogP contribution in [-0.4, -0.2) is 13.1 Å². The fraction of sp³-hybridized carbons (Fsp3) is 0.600. The molecule has 0 saturated carbocycles. The molecule has 1 nitrogen and oxygen atoms in total. The van der Waals surface area contributed by atoms with Crippen molar-refractivity contribution in [2.24, 2.45) is 11.8 Å². The second-order valence-electron chi connectivity index (χ2n) is 5.63. The SMILES string of the molecule is CC(C)CC1CNCCC1c1cccc(Cl)c1Cl. The Labute approximate surface area is 120 Å². The van der Waals surface area contributed by atoms with Crippen molar-refractivity contribution >= 4 is 23.2 Å². The summed E-state index contributed by atoms with van der Waals surface area (Å²) < 4.78 is 0. The molecule has 1 aliphatic heterocycles. The highest BCUT2D eigenvalue weighted by Crippen LogP contribution is 2.39. The molecule has 0 aliphatic carbocycles. The van der Waals surface area contributed by atoms with E-state index in [1.165, 1.54) is 12.0 Å². The van der Waals surface area contributed by atoms with Crippen molar-refractivity contribution in [3.05, 3.63) is 33.8 Å². The highest BCUT2D eigenvalue weighted by Gasteiger charge is 2.28. The molecule has 1 fully saturated rings. The van der Waals surface area contributed by atoms with Gasteiger partial charge >= 0.3 is 0 Å². The minimum atomic E-state index is 0.542. The molecule has 100 valence electrons. The van der Waals surface area contributed by atoms with E-state index in [1.54, 1.807) is 0 Å². The van der Waals surface area contributed by atoms with Crippen LogP contribution in [-0.2, 0) is 0 Å². The van der Waals surface area contributed by atoms with Gasteiger partial charge in [0.25, 0.3) is 0 Å². The lowest BCUT2D eigenvalue weighted by atomic mass is 9.77. The first-order valence-corrected chi connectivity index (χ1v) is 7.49. The van der Waals surface area contributed by atoms with Crippen LogP contribution in [0.15, 0.2) is 18.2 Å². The molecule has 2 atom stereocenters. The summed E-state index contributed by atoms with van der Waals surface area (Å²) in [6, 6.07) is 6.02. The second kappa shape index (κ2) is 6.27. The van der Waals surface area contributed by atoms with Gasteiger partial charge in [-0.15, -0.1) is 0 Å². The summed E-state index contributed by atoms with van der Waals surface area (Å²) in [6.45, 7) is 6.73. The Morgan fingerprint density at radius 1 is 1.33 bits per heavy atom. The van der Waals surface area contributed by atoms with E-state index in [0.717, 1.165) is 30.5 Å². The van der Waals surface area contributed by atoms with Crippen LogP contribution in [0.3, 0.4) is 0 Å². The third-order valence-electron chi connectivity index (χ3n) is 3.76. The van der Waals surface area contributed by atoms with E-state index >= 15 is 0 Å². The Bertz CT molecular complexity index is 403. The zero-order valence-corrected chi connectivity index (χ0v) is 12.6. The Morgan fingerprint density at radius 2 is 2.11 bits per heavy atom. The molecule has 1 aromatic rings. The monoisotopic (exact) mass is 285 g/mol. The molecule has 1 aliphatic rings. The summed E-state index contributed by atoms with van der Waals surface area (Å²) in [6.07, 6.45) is 2.39. The molecule has 3 heteroatoms. The molecular weight excluding hydrogens is 265 g/mol. The third kappa shape index (κ3) is 3.20. The van der Waals surface area contributed by atoms with Gasteiger partial charge in [0.2, 0.25) is 0 Å². The number of rotatable bonds is 3. The maximum atomic E-state index is 6.38. The first-order valence-electron chi connectivity index (χ1n) is 6.74. The molecule has 0 aromatic heterocycles.